The van der Waals surface area contributed by atoms with E-state index in [-0.39, 0.29) is 25.9 Å². The number of piperidine rings is 1. The first-order valence-electron chi connectivity index (χ1n) is 7.48. The lowest BCUT2D eigenvalue weighted by atomic mass is 10.1. The topological polar surface area (TPSA) is 59.0 Å². The van der Waals surface area contributed by atoms with E-state index in [4.69, 9.17) is 14.6 Å². The molecule has 1 atom stereocenters. The molecule has 0 bridgehead atoms. The maximum atomic E-state index is 13.2. The molecule has 1 fully saturated rings. The van der Waals surface area contributed by atoms with Gasteiger partial charge >= 0.3 is 5.97 Å². The molecule has 0 spiro atoms. The number of carbonyl (C=O) groups is 1. The molecule has 1 aromatic carbocycles. The van der Waals surface area contributed by atoms with Crippen LogP contribution in [0.15, 0.2) is 18.2 Å². The second kappa shape index (κ2) is 7.12. The minimum atomic E-state index is -2.60. The van der Waals surface area contributed by atoms with Gasteiger partial charge in [0.15, 0.2) is 17.6 Å². The van der Waals surface area contributed by atoms with Crippen LogP contribution in [0.2, 0.25) is 0 Å². The fourth-order valence-electron chi connectivity index (χ4n) is 2.49. The molecule has 5 nitrogen and oxygen atoms in total. The van der Waals surface area contributed by atoms with Gasteiger partial charge in [-0.05, 0) is 13.0 Å². The number of hydrogen-bond donors (Lipinski definition) is 1. The molecule has 1 aromatic rings. The molecule has 0 aliphatic carbocycles. The van der Waals surface area contributed by atoms with Gasteiger partial charge in [-0.15, -0.1) is 0 Å². The Hall–Kier alpha value is -1.89. The van der Waals surface area contributed by atoms with Crippen LogP contribution in [0.3, 0.4) is 0 Å². The van der Waals surface area contributed by atoms with E-state index in [0.29, 0.717) is 18.0 Å². The van der Waals surface area contributed by atoms with E-state index in [2.05, 4.69) is 0 Å². The number of methoxy groups -OCH3 is 1. The number of rotatable bonds is 6. The van der Waals surface area contributed by atoms with Crippen LogP contribution in [0.5, 0.6) is 11.5 Å². The predicted octanol–water partition coefficient (Wildman–Crippen LogP) is 2.78. The Morgan fingerprint density at radius 2 is 2.04 bits per heavy atom. The lowest BCUT2D eigenvalue weighted by Crippen LogP contribution is -2.39. The highest BCUT2D eigenvalue weighted by molar-refractivity contribution is 5.72. The number of carboxylic acid groups (broad SMARTS) is 1. The number of likely N-dealkylation sites (tertiary alicyclic amines) is 1. The summed E-state index contributed by atoms with van der Waals surface area (Å²) < 4.78 is 37.2. The molecule has 2 rings (SSSR count). The van der Waals surface area contributed by atoms with Gasteiger partial charge in [-0.2, -0.15) is 0 Å². The van der Waals surface area contributed by atoms with E-state index in [1.807, 2.05) is 4.90 Å². The van der Waals surface area contributed by atoms with E-state index in [1.165, 1.54) is 14.0 Å². The second-order valence-corrected chi connectivity index (χ2v) is 5.68. The van der Waals surface area contributed by atoms with Crippen molar-refractivity contribution < 1.29 is 28.2 Å². The number of hydrogen-bond acceptors (Lipinski definition) is 4. The van der Waals surface area contributed by atoms with Gasteiger partial charge in [0.05, 0.1) is 7.11 Å². The molecular formula is C16H21F2NO4. The summed E-state index contributed by atoms with van der Waals surface area (Å²) in [5, 5.41) is 9.02. The van der Waals surface area contributed by atoms with E-state index in [0.717, 1.165) is 5.56 Å². The van der Waals surface area contributed by atoms with E-state index < -0.39 is 18.0 Å². The maximum absolute atomic E-state index is 13.2. The molecular weight excluding hydrogens is 308 g/mol. The quantitative estimate of drug-likeness (QED) is 0.870. The van der Waals surface area contributed by atoms with Crippen molar-refractivity contribution in [1.29, 1.82) is 0 Å². The number of nitrogens with zero attached hydrogens (tertiary/aromatic N) is 1. The van der Waals surface area contributed by atoms with Crippen LogP contribution in [0.4, 0.5) is 8.78 Å². The van der Waals surface area contributed by atoms with Crippen LogP contribution in [-0.2, 0) is 11.3 Å². The number of halogens is 2. The maximum Gasteiger partial charge on any atom is 0.344 e. The van der Waals surface area contributed by atoms with Crippen molar-refractivity contribution in [3.05, 3.63) is 23.8 Å². The van der Waals surface area contributed by atoms with E-state index >= 15 is 0 Å². The Labute approximate surface area is 133 Å². The lowest BCUT2D eigenvalue weighted by molar-refractivity contribution is -0.144. The van der Waals surface area contributed by atoms with Crippen LogP contribution < -0.4 is 9.47 Å². The number of para-hydroxylation sites is 1. The van der Waals surface area contributed by atoms with Crippen molar-refractivity contribution in [3.63, 3.8) is 0 Å². The second-order valence-electron chi connectivity index (χ2n) is 5.68. The van der Waals surface area contributed by atoms with Crippen LogP contribution >= 0.6 is 0 Å². The molecule has 1 aliphatic rings. The van der Waals surface area contributed by atoms with Gasteiger partial charge in [-0.25, -0.2) is 13.6 Å². The van der Waals surface area contributed by atoms with Crippen LogP contribution in [0.1, 0.15) is 25.3 Å². The zero-order valence-corrected chi connectivity index (χ0v) is 13.2. The molecule has 0 amide bonds. The largest absolute Gasteiger partial charge is 0.493 e. The molecule has 1 aliphatic heterocycles. The Morgan fingerprint density at radius 1 is 1.39 bits per heavy atom. The number of benzene rings is 1. The van der Waals surface area contributed by atoms with Gasteiger partial charge in [-0.3, -0.25) is 4.90 Å². The lowest BCUT2D eigenvalue weighted by Gasteiger charge is -2.32. The Bertz CT molecular complexity index is 555. The number of carboxylic acids is 1. The Kier molecular flexibility index (Phi) is 5.41. The molecule has 23 heavy (non-hydrogen) atoms. The molecule has 0 unspecified atom stereocenters. The van der Waals surface area contributed by atoms with Gasteiger partial charge in [0, 0.05) is 38.0 Å². The number of ether oxygens (including phenoxy) is 2. The van der Waals surface area contributed by atoms with Crippen molar-refractivity contribution >= 4 is 5.97 Å². The third kappa shape index (κ3) is 4.54. The summed E-state index contributed by atoms with van der Waals surface area (Å²) >= 11 is 0. The van der Waals surface area contributed by atoms with Crippen LogP contribution in [0.25, 0.3) is 0 Å². The zero-order chi connectivity index (χ0) is 17.0. The minimum absolute atomic E-state index is 0.168. The van der Waals surface area contributed by atoms with E-state index in [9.17, 15) is 13.6 Å². The normalized spacial score (nSPS) is 19.1. The van der Waals surface area contributed by atoms with Crippen molar-refractivity contribution in [2.24, 2.45) is 0 Å². The molecule has 128 valence electrons. The third-order valence-corrected chi connectivity index (χ3v) is 3.90. The summed E-state index contributed by atoms with van der Waals surface area (Å²) in [6, 6.07) is 5.24. The number of aliphatic carboxylic acids is 1. The molecule has 0 aromatic heterocycles. The summed E-state index contributed by atoms with van der Waals surface area (Å²) in [7, 11) is 1.47. The average Bonchev–Trinajstić information content (AvgIpc) is 2.50. The summed E-state index contributed by atoms with van der Waals surface area (Å²) in [6.45, 7) is 2.42. The summed E-state index contributed by atoms with van der Waals surface area (Å²) in [5.74, 6) is -2.90. The van der Waals surface area contributed by atoms with Crippen molar-refractivity contribution in [2.45, 2.75) is 38.3 Å². The first-order chi connectivity index (χ1) is 10.8. The Balaban J connectivity index is 2.16. The standard InChI is InChI=1S/C16H21F2NO4/c1-11(15(20)21)23-14-12(4-3-5-13(14)22-2)10-19-8-6-16(17,18)7-9-19/h3-5,11H,6-10H2,1-2H3,(H,20,21)/t11-/m1/s1. The van der Waals surface area contributed by atoms with Crippen molar-refractivity contribution in [2.75, 3.05) is 20.2 Å². The molecule has 1 saturated heterocycles. The molecule has 0 saturated carbocycles. The smallest absolute Gasteiger partial charge is 0.344 e. The predicted molar refractivity (Wildman–Crippen MR) is 80.2 cm³/mol. The van der Waals surface area contributed by atoms with Crippen molar-refractivity contribution in [3.8, 4) is 11.5 Å². The third-order valence-electron chi connectivity index (χ3n) is 3.90. The first kappa shape index (κ1) is 17.5. The molecule has 0 radical (unpaired) electrons. The van der Waals surface area contributed by atoms with Gasteiger partial charge < -0.3 is 14.6 Å². The van der Waals surface area contributed by atoms with Gasteiger partial charge in [0.25, 0.3) is 5.92 Å². The zero-order valence-electron chi connectivity index (χ0n) is 13.2. The minimum Gasteiger partial charge on any atom is -0.493 e. The monoisotopic (exact) mass is 329 g/mol. The average molecular weight is 329 g/mol. The fraction of sp³-hybridized carbons (Fsp3) is 0.562. The Morgan fingerprint density at radius 3 is 2.61 bits per heavy atom. The van der Waals surface area contributed by atoms with Gasteiger partial charge in [0.1, 0.15) is 0 Å². The molecule has 1 N–H and O–H groups in total. The summed E-state index contributed by atoms with van der Waals surface area (Å²) in [4.78, 5) is 12.9. The molecule has 7 heteroatoms. The van der Waals surface area contributed by atoms with Gasteiger partial charge in [0.2, 0.25) is 0 Å². The highest BCUT2D eigenvalue weighted by Gasteiger charge is 2.34. The first-order valence-corrected chi connectivity index (χ1v) is 7.48. The summed E-state index contributed by atoms with van der Waals surface area (Å²) in [6.07, 6.45) is -1.37. The van der Waals surface area contributed by atoms with Crippen molar-refractivity contribution in [1.82, 2.24) is 4.90 Å². The highest BCUT2D eigenvalue weighted by Crippen LogP contribution is 2.34. The van der Waals surface area contributed by atoms with Crippen LogP contribution in [-0.4, -0.2) is 48.2 Å². The van der Waals surface area contributed by atoms with Gasteiger partial charge in [-0.1, -0.05) is 12.1 Å². The summed E-state index contributed by atoms with van der Waals surface area (Å²) in [5.41, 5.74) is 0.725. The van der Waals surface area contributed by atoms with E-state index in [1.54, 1.807) is 18.2 Å². The highest BCUT2D eigenvalue weighted by atomic mass is 19.3. The number of alkyl halides is 2. The molecule has 1 heterocycles. The fourth-order valence-corrected chi connectivity index (χ4v) is 2.49. The van der Waals surface area contributed by atoms with Crippen LogP contribution in [0, 0.1) is 0 Å². The SMILES string of the molecule is COc1cccc(CN2CCC(F)(F)CC2)c1O[C@H](C)C(=O)O.